The SMILES string of the molecule is Cc1ccc(S(=O)(=O)N[C@@H](Cc2ccccc2)C(=O)N/N=C\c2ccccc2OCc2ccccc2)cc1. The third-order valence-electron chi connectivity index (χ3n) is 5.76. The van der Waals surface area contributed by atoms with Gasteiger partial charge in [-0.2, -0.15) is 9.82 Å². The molecule has 0 radical (unpaired) electrons. The fraction of sp³-hybridized carbons (Fsp3) is 0.133. The van der Waals surface area contributed by atoms with Gasteiger partial charge in [0.1, 0.15) is 18.4 Å². The van der Waals surface area contributed by atoms with Crippen LogP contribution in [0.4, 0.5) is 0 Å². The van der Waals surface area contributed by atoms with Gasteiger partial charge in [-0.1, -0.05) is 90.5 Å². The molecule has 1 atom stereocenters. The molecule has 0 bridgehead atoms. The van der Waals surface area contributed by atoms with Crippen LogP contribution >= 0.6 is 0 Å². The summed E-state index contributed by atoms with van der Waals surface area (Å²) in [5, 5.41) is 4.09. The standard InChI is InChI=1S/C30H29N3O4S/c1-23-16-18-27(19-17-23)38(35,36)33-28(20-24-10-4-2-5-11-24)30(34)32-31-21-26-14-8-9-15-29(26)37-22-25-12-6-3-7-13-25/h2-19,21,28,33H,20,22H2,1H3,(H,32,34)/b31-21-/t28-/m0/s1. The number of hydrogen-bond acceptors (Lipinski definition) is 5. The maximum Gasteiger partial charge on any atom is 0.258 e. The molecule has 4 rings (SSSR count). The third-order valence-corrected chi connectivity index (χ3v) is 7.25. The zero-order chi connectivity index (χ0) is 26.8. The van der Waals surface area contributed by atoms with Crippen molar-refractivity contribution in [1.82, 2.24) is 10.1 Å². The normalized spacial score (nSPS) is 12.2. The largest absolute Gasteiger partial charge is 0.488 e. The predicted molar refractivity (Wildman–Crippen MR) is 148 cm³/mol. The number of sulfonamides is 1. The highest BCUT2D eigenvalue weighted by atomic mass is 32.2. The number of hydrazone groups is 1. The third kappa shape index (κ3) is 7.61. The quantitative estimate of drug-likeness (QED) is 0.220. The second kappa shape index (κ2) is 12.8. The van der Waals surface area contributed by atoms with E-state index in [0.717, 1.165) is 16.7 Å². The fourth-order valence-electron chi connectivity index (χ4n) is 3.71. The molecule has 0 fully saturated rings. The molecule has 4 aromatic carbocycles. The number of nitrogens with zero attached hydrogens (tertiary/aromatic N) is 1. The molecule has 8 heteroatoms. The lowest BCUT2D eigenvalue weighted by molar-refractivity contribution is -0.122. The van der Waals surface area contributed by atoms with E-state index in [1.165, 1.54) is 18.3 Å². The van der Waals surface area contributed by atoms with E-state index in [1.807, 2.05) is 91.9 Å². The number of carbonyl (C=O) groups is 1. The van der Waals surface area contributed by atoms with Crippen LogP contribution in [0.25, 0.3) is 0 Å². The van der Waals surface area contributed by atoms with Gasteiger partial charge in [0.2, 0.25) is 10.0 Å². The molecule has 0 aliphatic heterocycles. The van der Waals surface area contributed by atoms with Crippen molar-refractivity contribution >= 4 is 22.1 Å². The molecular weight excluding hydrogens is 498 g/mol. The molecule has 7 nitrogen and oxygen atoms in total. The van der Waals surface area contributed by atoms with E-state index < -0.39 is 22.0 Å². The first-order valence-corrected chi connectivity index (χ1v) is 13.6. The average molecular weight is 528 g/mol. The van der Waals surface area contributed by atoms with E-state index in [-0.39, 0.29) is 11.3 Å². The minimum Gasteiger partial charge on any atom is -0.488 e. The molecule has 0 heterocycles. The van der Waals surface area contributed by atoms with Crippen LogP contribution in [0.15, 0.2) is 119 Å². The molecule has 2 N–H and O–H groups in total. The number of ether oxygens (including phenoxy) is 1. The summed E-state index contributed by atoms with van der Waals surface area (Å²) in [5.74, 6) is 0.0266. The van der Waals surface area contributed by atoms with Gasteiger partial charge in [0, 0.05) is 5.56 Å². The van der Waals surface area contributed by atoms with Gasteiger partial charge in [-0.3, -0.25) is 4.79 Å². The van der Waals surface area contributed by atoms with E-state index in [2.05, 4.69) is 15.2 Å². The second-order valence-corrected chi connectivity index (χ2v) is 10.4. The lowest BCUT2D eigenvalue weighted by Crippen LogP contribution is -2.46. The minimum absolute atomic E-state index is 0.0851. The van der Waals surface area contributed by atoms with Crippen molar-refractivity contribution < 1.29 is 17.9 Å². The molecule has 1 amide bonds. The Bertz CT molecular complexity index is 1470. The summed E-state index contributed by atoms with van der Waals surface area (Å²) in [5.41, 5.74) is 5.92. The van der Waals surface area contributed by atoms with E-state index in [9.17, 15) is 13.2 Å². The van der Waals surface area contributed by atoms with E-state index in [4.69, 9.17) is 4.74 Å². The molecule has 0 saturated heterocycles. The van der Waals surface area contributed by atoms with E-state index >= 15 is 0 Å². The monoisotopic (exact) mass is 527 g/mol. The van der Waals surface area contributed by atoms with Gasteiger partial charge >= 0.3 is 0 Å². The Morgan fingerprint density at radius 3 is 2.13 bits per heavy atom. The molecular formula is C30H29N3O4S. The summed E-state index contributed by atoms with van der Waals surface area (Å²) in [6.45, 7) is 2.26. The molecule has 0 saturated carbocycles. The van der Waals surface area contributed by atoms with Crippen molar-refractivity contribution in [2.45, 2.75) is 30.9 Å². The van der Waals surface area contributed by atoms with Gasteiger partial charge in [-0.05, 0) is 48.7 Å². The first-order valence-electron chi connectivity index (χ1n) is 12.1. The highest BCUT2D eigenvalue weighted by molar-refractivity contribution is 7.89. The van der Waals surface area contributed by atoms with Crippen molar-refractivity contribution in [3.63, 3.8) is 0 Å². The van der Waals surface area contributed by atoms with Crippen molar-refractivity contribution in [3.05, 3.63) is 131 Å². The summed E-state index contributed by atoms with van der Waals surface area (Å²) in [7, 11) is -3.94. The molecule has 194 valence electrons. The first-order chi connectivity index (χ1) is 18.4. The number of para-hydroxylation sites is 1. The summed E-state index contributed by atoms with van der Waals surface area (Å²) in [6, 6.07) is 31.7. The van der Waals surface area contributed by atoms with E-state index in [1.54, 1.807) is 12.1 Å². The Morgan fingerprint density at radius 2 is 1.45 bits per heavy atom. The highest BCUT2D eigenvalue weighted by Crippen LogP contribution is 2.18. The van der Waals surface area contributed by atoms with Gasteiger partial charge < -0.3 is 4.74 Å². The Hall–Kier alpha value is -4.27. The second-order valence-electron chi connectivity index (χ2n) is 8.72. The lowest BCUT2D eigenvalue weighted by atomic mass is 10.1. The minimum atomic E-state index is -3.94. The van der Waals surface area contributed by atoms with Crippen molar-refractivity contribution in [1.29, 1.82) is 0 Å². The van der Waals surface area contributed by atoms with Crippen molar-refractivity contribution in [2.75, 3.05) is 0 Å². The van der Waals surface area contributed by atoms with Crippen LogP contribution in [0, 0.1) is 6.92 Å². The number of rotatable bonds is 11. The van der Waals surface area contributed by atoms with Gasteiger partial charge in [-0.25, -0.2) is 13.8 Å². The zero-order valence-corrected chi connectivity index (χ0v) is 21.8. The Kier molecular flexibility index (Phi) is 9.02. The van der Waals surface area contributed by atoms with Gasteiger partial charge in [-0.15, -0.1) is 0 Å². The number of aryl methyl sites for hydroxylation is 1. The molecule has 38 heavy (non-hydrogen) atoms. The van der Waals surface area contributed by atoms with Crippen LogP contribution in [0.2, 0.25) is 0 Å². The number of amides is 1. The van der Waals surface area contributed by atoms with E-state index in [0.29, 0.717) is 17.9 Å². The van der Waals surface area contributed by atoms with Gasteiger partial charge in [0.15, 0.2) is 0 Å². The molecule has 0 aliphatic rings. The molecule has 0 unspecified atom stereocenters. The molecule has 0 aromatic heterocycles. The predicted octanol–water partition coefficient (Wildman–Crippen LogP) is 4.61. The van der Waals surface area contributed by atoms with Gasteiger partial charge in [0.05, 0.1) is 11.1 Å². The molecule has 0 aliphatic carbocycles. The number of nitrogens with one attached hydrogen (secondary N) is 2. The molecule has 0 spiro atoms. The van der Waals surface area contributed by atoms with Crippen LogP contribution in [-0.4, -0.2) is 26.6 Å². The van der Waals surface area contributed by atoms with Crippen LogP contribution in [0.1, 0.15) is 22.3 Å². The number of hydrogen-bond donors (Lipinski definition) is 2. The van der Waals surface area contributed by atoms with Crippen molar-refractivity contribution in [2.24, 2.45) is 5.10 Å². The molecule has 4 aromatic rings. The van der Waals surface area contributed by atoms with Crippen LogP contribution in [0.3, 0.4) is 0 Å². The topological polar surface area (TPSA) is 96.9 Å². The Morgan fingerprint density at radius 1 is 0.842 bits per heavy atom. The summed E-state index contributed by atoms with van der Waals surface area (Å²) >= 11 is 0. The maximum absolute atomic E-state index is 13.1. The Labute approximate surface area is 223 Å². The van der Waals surface area contributed by atoms with Crippen LogP contribution < -0.4 is 14.9 Å². The lowest BCUT2D eigenvalue weighted by Gasteiger charge is -2.17. The summed E-state index contributed by atoms with van der Waals surface area (Å²) in [6.07, 6.45) is 1.64. The van der Waals surface area contributed by atoms with Crippen LogP contribution in [-0.2, 0) is 27.8 Å². The fourth-order valence-corrected chi connectivity index (χ4v) is 4.90. The first kappa shape index (κ1) is 26.8. The highest BCUT2D eigenvalue weighted by Gasteiger charge is 2.26. The Balaban J connectivity index is 1.47. The average Bonchev–Trinajstić information content (AvgIpc) is 2.93. The number of carbonyl (C=O) groups excluding carboxylic acids is 1. The van der Waals surface area contributed by atoms with Gasteiger partial charge in [0.25, 0.3) is 5.91 Å². The zero-order valence-electron chi connectivity index (χ0n) is 20.9. The van der Waals surface area contributed by atoms with Crippen LogP contribution in [0.5, 0.6) is 5.75 Å². The van der Waals surface area contributed by atoms with Crippen molar-refractivity contribution in [3.8, 4) is 5.75 Å². The summed E-state index contributed by atoms with van der Waals surface area (Å²) in [4.78, 5) is 13.2. The summed E-state index contributed by atoms with van der Waals surface area (Å²) < 4.78 is 34.5. The maximum atomic E-state index is 13.1. The smallest absolute Gasteiger partial charge is 0.258 e. The number of benzene rings is 4.